The number of aliphatic hydroxyl groups excluding tert-OH is 2. The summed E-state index contributed by atoms with van der Waals surface area (Å²) in [5.41, 5.74) is 9.98. The van der Waals surface area contributed by atoms with Crippen LogP contribution in [0.15, 0.2) is 295 Å². The topological polar surface area (TPSA) is 311 Å². The van der Waals surface area contributed by atoms with E-state index in [1.165, 1.54) is 54.7 Å². The summed E-state index contributed by atoms with van der Waals surface area (Å²) < 4.78 is 20.9. The van der Waals surface area contributed by atoms with Crippen molar-refractivity contribution in [2.24, 2.45) is 0 Å². The Morgan fingerprint density at radius 2 is 0.871 bits per heavy atom. The number of aromatic carboxylic acids is 1. The van der Waals surface area contributed by atoms with E-state index in [1.54, 1.807) is 64.8 Å². The molecule has 0 saturated carbocycles. The number of carbonyl (C=O) groups is 2. The first-order valence-electron chi connectivity index (χ1n) is 33.2. The second kappa shape index (κ2) is 46.2. The average molecular weight is 2810 g/mol. The molecule has 0 aliphatic heterocycles. The van der Waals surface area contributed by atoms with Crippen molar-refractivity contribution in [3.8, 4) is 0 Å². The molecule has 0 fully saturated rings. The number of fused-ring (bicyclic) bond motifs is 21. The van der Waals surface area contributed by atoms with Crippen LogP contribution in [0.2, 0.25) is 0 Å². The van der Waals surface area contributed by atoms with Gasteiger partial charge in [0.1, 0.15) is 24.6 Å². The molecule has 0 atom stereocenters. The third-order valence-electron chi connectivity index (χ3n) is 15.7. The summed E-state index contributed by atoms with van der Waals surface area (Å²) >= 11 is 0. The van der Waals surface area contributed by atoms with Crippen LogP contribution in [0.3, 0.4) is 0 Å². The van der Waals surface area contributed by atoms with Crippen molar-refractivity contribution >= 4 is 114 Å². The largest absolute Gasteiger partial charge is 0.512 e. The van der Waals surface area contributed by atoms with E-state index in [9.17, 15) is 9.59 Å². The number of allylic oxidation sites excluding steroid dienone is 2. The van der Waals surface area contributed by atoms with Crippen molar-refractivity contribution in [2.75, 3.05) is 13.3 Å². The zero-order valence-corrected chi connectivity index (χ0v) is 78.6. The number of hydrogen-bond donors (Lipinski definition) is 3. The Kier molecular flexibility index (Phi) is 37.6. The first kappa shape index (κ1) is 94.3. The predicted octanol–water partition coefficient (Wildman–Crippen LogP) is 12.7. The molecular formula is C79H63Ir7N24O5P-6. The van der Waals surface area contributed by atoms with Crippen LogP contribution in [0.4, 0.5) is 0 Å². The van der Waals surface area contributed by atoms with Crippen LogP contribution >= 0.6 is 7.92 Å². The number of rotatable bonds is 3. The molecule has 19 aromatic heterocycles. The van der Waals surface area contributed by atoms with Gasteiger partial charge in [0.15, 0.2) is 5.78 Å². The van der Waals surface area contributed by atoms with E-state index in [1.807, 2.05) is 205 Å². The number of carboxylic acid groups (broad SMARTS) is 1. The van der Waals surface area contributed by atoms with Crippen molar-refractivity contribution in [2.45, 2.75) is 13.8 Å². The number of pyridine rings is 4. The number of aliphatic hydroxyl groups is 2. The molecule has 37 heteroatoms. The minimum absolute atomic E-state index is 0. The zero-order chi connectivity index (χ0) is 75.4. The Morgan fingerprint density at radius 1 is 0.405 bits per heavy atom. The van der Waals surface area contributed by atoms with Crippen LogP contribution in [0.25, 0.3) is 93.9 Å². The van der Waals surface area contributed by atoms with Crippen LogP contribution in [0.1, 0.15) is 24.3 Å². The van der Waals surface area contributed by atoms with Gasteiger partial charge in [-0.05, 0) is 73.0 Å². The third-order valence-corrected chi connectivity index (χ3v) is 16.5. The summed E-state index contributed by atoms with van der Waals surface area (Å²) in [6, 6.07) is 48.4. The van der Waals surface area contributed by atoms with Gasteiger partial charge in [0.05, 0.1) is 58.8 Å². The molecule has 0 spiro atoms. The minimum Gasteiger partial charge on any atom is -0.512 e. The minimum atomic E-state index is -0.990. The van der Waals surface area contributed by atoms with Crippen LogP contribution < -0.4 is 0 Å². The van der Waals surface area contributed by atoms with Gasteiger partial charge in [-0.15, -0.1) is 105 Å². The molecular weight excluding hydrogens is 2740 g/mol. The van der Waals surface area contributed by atoms with E-state index in [2.05, 4.69) is 158 Å². The maximum atomic E-state index is 10.1. The van der Waals surface area contributed by atoms with Gasteiger partial charge in [-0.3, -0.25) is 38.7 Å². The maximum absolute atomic E-state index is 10.1. The van der Waals surface area contributed by atoms with Gasteiger partial charge < -0.3 is 64.9 Å². The third kappa shape index (κ3) is 23.6. The fourth-order valence-electron chi connectivity index (χ4n) is 10.8. The van der Waals surface area contributed by atoms with Crippen molar-refractivity contribution < 1.29 is 166 Å². The van der Waals surface area contributed by atoms with Gasteiger partial charge in [-0.2, -0.15) is 39.6 Å². The number of carboxylic acids is 1. The SMILES string of the molecule is CC(=O)C=C(C)O.C[PH+](C)C=CO.O=C(O)c1ccccn1.[Ir].[Ir].[Ir].[Ir].[Ir].[Ir].[Ir].[c-]1cccc2ccn3ccnc3c12.[c-]1cccc2ccn3ccnc3c12.[c-]1cccc2ccn3ccnc3c12.[c-]1ccn2ccn3cnnc3c12.[c-]1ccn2ccn3ncnc3c12.[c-]1ncn2ccn3ccnc3c12.[c-]1nnn2ccn3ccnc3c12. The van der Waals surface area contributed by atoms with Crippen molar-refractivity contribution in [1.29, 1.82) is 0 Å². The molecule has 0 amide bonds. The molecule has 7 radical (unpaired) electrons. The quantitative estimate of drug-likeness (QED) is 0.0640. The number of hydrogen-bond acceptors (Lipinski definition) is 17. The van der Waals surface area contributed by atoms with E-state index in [0.29, 0.717) is 0 Å². The molecule has 19 heterocycles. The molecule has 0 bridgehead atoms. The number of ketones is 1. The Balaban J connectivity index is 0.000000201. The molecule has 22 rings (SSSR count). The van der Waals surface area contributed by atoms with E-state index in [0.717, 1.165) is 84.0 Å². The Labute approximate surface area is 756 Å². The van der Waals surface area contributed by atoms with E-state index >= 15 is 0 Å². The van der Waals surface area contributed by atoms with Crippen LogP contribution in [-0.2, 0) is 146 Å². The Hall–Kier alpha value is -10.6. The normalized spacial score (nSPS) is 10.4. The molecule has 603 valence electrons. The fourth-order valence-corrected chi connectivity index (χ4v) is 11.1. The maximum Gasteiger partial charge on any atom is 0.354 e. The van der Waals surface area contributed by atoms with Gasteiger partial charge >= 0.3 is 5.97 Å². The standard InChI is InChI=1S/3C11H7N2.3C8H5N4.C7H4N5.C6H5NO2.C5H8O2.C4H9OP.7Ir/c3*1-2-4-10-9(3-1)5-7-13-8-6-12-11(10)13;1-2-11-3-4-12-6-9-5-7(12)8(11)10-1;1-2-7-8-10-9-6-12(8)5-4-11(7)3-1;1-2-7-8-9-6-10-12(8)5-4-11(7)3-1;1-2-11-3-4-12-6(5-9-10-12)7(11)8-1;8-6(9)5-3-1-2-4-7-5;1-4(6)3-5(2)7;1-6(2)4-3-5;;;;;;;/h3*1-3,5-8H;1-4,6H;2*1,3-6H;1-4H;1-4H,(H,8,9);3,6H,1-2H3;3-5H,1-2H3;;;;;;;/q7*-1;;;;;;;;;;/p+1. The summed E-state index contributed by atoms with van der Waals surface area (Å²) in [6.07, 6.45) is 57.9. The van der Waals surface area contributed by atoms with Crippen LogP contribution in [0.5, 0.6) is 0 Å². The summed E-state index contributed by atoms with van der Waals surface area (Å²) in [5.74, 6) is 0.771. The van der Waals surface area contributed by atoms with E-state index in [-0.39, 0.29) is 166 Å². The van der Waals surface area contributed by atoms with Crippen molar-refractivity contribution in [3.63, 3.8) is 0 Å². The number of nitrogens with zero attached hydrogens (tertiary/aromatic N) is 24. The average Bonchev–Trinajstić information content (AvgIpc) is 1.70. The van der Waals surface area contributed by atoms with Gasteiger partial charge in [0, 0.05) is 278 Å². The molecule has 3 aromatic carbocycles. The van der Waals surface area contributed by atoms with Gasteiger partial charge in [-0.25, -0.2) is 14.9 Å². The van der Waals surface area contributed by atoms with Crippen molar-refractivity contribution in [1.82, 2.24) is 114 Å². The number of aromatic nitrogens is 24. The van der Waals surface area contributed by atoms with Crippen molar-refractivity contribution in [3.05, 3.63) is 343 Å². The molecule has 116 heavy (non-hydrogen) atoms. The molecule has 0 aliphatic rings. The van der Waals surface area contributed by atoms with Crippen LogP contribution in [0, 0.1) is 42.7 Å². The van der Waals surface area contributed by atoms with Crippen LogP contribution in [-0.4, -0.2) is 155 Å². The molecule has 3 N–H and O–H groups in total. The van der Waals surface area contributed by atoms with E-state index < -0.39 is 5.97 Å². The fraction of sp³-hybridized carbons (Fsp3) is 0.0506. The second-order valence-corrected chi connectivity index (χ2v) is 25.9. The zero-order valence-electron chi connectivity index (χ0n) is 60.9. The summed E-state index contributed by atoms with van der Waals surface area (Å²) in [5, 5.41) is 50.8. The smallest absolute Gasteiger partial charge is 0.354 e. The second-order valence-electron chi connectivity index (χ2n) is 23.4. The molecule has 29 nitrogen and oxygen atoms in total. The first-order chi connectivity index (χ1) is 53.3. The molecule has 0 unspecified atom stereocenters. The monoisotopic (exact) mass is 2810 g/mol. The first-order valence-corrected chi connectivity index (χ1v) is 35.8. The Morgan fingerprint density at radius 3 is 1.34 bits per heavy atom. The molecule has 0 aliphatic carbocycles. The number of benzene rings is 3. The van der Waals surface area contributed by atoms with E-state index in [4.69, 9.17) is 15.3 Å². The number of carbonyl (C=O) groups excluding carboxylic acids is 1. The molecule has 22 aromatic rings. The molecule has 0 saturated heterocycles. The summed E-state index contributed by atoms with van der Waals surface area (Å²) in [4.78, 5) is 52.9. The summed E-state index contributed by atoms with van der Waals surface area (Å²) in [6.45, 7) is 7.07. The summed E-state index contributed by atoms with van der Waals surface area (Å²) in [7, 11) is -0.316. The Bertz CT molecular complexity index is 5970. The van der Waals surface area contributed by atoms with Gasteiger partial charge in [-0.1, -0.05) is 54.3 Å². The van der Waals surface area contributed by atoms with Gasteiger partial charge in [0.25, 0.3) is 0 Å². The van der Waals surface area contributed by atoms with Gasteiger partial charge in [0.2, 0.25) is 0 Å². The predicted molar refractivity (Wildman–Crippen MR) is 414 cm³/mol. The number of imidazole rings is 6.